The molecule has 11 aromatic rings. The molecule has 0 radical (unpaired) electrons. The topological polar surface area (TPSA) is 35.9 Å². The number of benzene rings is 8. The van der Waals surface area contributed by atoms with Crippen LogP contribution in [0.3, 0.4) is 0 Å². The quantitative estimate of drug-likeness (QED) is 0.112. The number of rotatable bonds is 8. The summed E-state index contributed by atoms with van der Waals surface area (Å²) >= 11 is 0. The Morgan fingerprint density at radius 3 is 1.88 bits per heavy atom. The van der Waals surface area contributed by atoms with Gasteiger partial charge in [0.15, 0.2) is 0 Å². The summed E-state index contributed by atoms with van der Waals surface area (Å²) in [5.74, 6) is 0.487. The Balaban J connectivity index is 0.0000136. The van der Waals surface area contributed by atoms with Crippen molar-refractivity contribution in [3.63, 3.8) is 0 Å². The van der Waals surface area contributed by atoms with E-state index in [1.54, 1.807) is 18.3 Å². The second-order valence-electron chi connectivity index (χ2n) is 20.8. The molecular weight excluding hydrogens is 1170 g/mol. The number of hydrogen-bond acceptors (Lipinski definition) is 2. The minimum Gasteiger partial charge on any atom is -0.510 e. The number of aryl methyl sites for hydroxylation is 1. The van der Waals surface area contributed by atoms with Gasteiger partial charge < -0.3 is 13.9 Å². The van der Waals surface area contributed by atoms with Crippen LogP contribution in [0, 0.1) is 25.3 Å². The predicted octanol–water partition coefficient (Wildman–Crippen LogP) is 18.9. The molecule has 0 spiro atoms. The molecule has 0 N–H and O–H groups in total. The Hall–Kier alpha value is -7.33. The van der Waals surface area contributed by atoms with Crippen molar-refractivity contribution in [3.8, 4) is 62.1 Å². The van der Waals surface area contributed by atoms with Crippen LogP contribution in [0.1, 0.15) is 191 Å². The van der Waals surface area contributed by atoms with Crippen molar-refractivity contribution < 1.29 is 86.6 Å². The van der Waals surface area contributed by atoms with Crippen molar-refractivity contribution in [1.29, 1.82) is 0 Å². The van der Waals surface area contributed by atoms with Gasteiger partial charge in [-0.05, 0) is 162 Å². The summed E-state index contributed by atoms with van der Waals surface area (Å²) in [4.78, 5) is 4.75. The molecule has 81 heavy (non-hydrogen) atoms. The van der Waals surface area contributed by atoms with Crippen LogP contribution in [0.15, 0.2) is 170 Å². The number of aromatic nitrogens is 4. The van der Waals surface area contributed by atoms with Crippen molar-refractivity contribution in [3.05, 3.63) is 222 Å². The van der Waals surface area contributed by atoms with Crippen LogP contribution in [-0.4, -0.2) is 14.1 Å². The van der Waals surface area contributed by atoms with E-state index in [2.05, 4.69) is 18.5 Å². The van der Waals surface area contributed by atoms with Gasteiger partial charge in [-0.25, -0.2) is 4.98 Å². The van der Waals surface area contributed by atoms with Crippen molar-refractivity contribution in [2.45, 2.75) is 135 Å². The molecule has 6 heteroatoms. The van der Waals surface area contributed by atoms with Crippen LogP contribution in [0.2, 0.25) is 0 Å². The van der Waals surface area contributed by atoms with Crippen LogP contribution < -0.4 is 9.30 Å². The number of ether oxygens (including phenoxy) is 1. The van der Waals surface area contributed by atoms with E-state index in [-0.39, 0.29) is 71.4 Å². The summed E-state index contributed by atoms with van der Waals surface area (Å²) in [6.07, 6.45) is -14.8. The average molecular weight is 1280 g/mol. The standard InChI is InChI=1S/C75H72N4O.Pt/c1-48-19-13-14-22-56(48)51-29-34-66-68(43-51)77(53-20-17-21-54(45-53)80-55-30-31-60-59-23-15-16-26-65(59)79(67(60)46-55)69-44-52(35-40-76-69)71(2,3)4)47-78(66)70-57(49-27-32-61-63(41-49)74(9,10)38-36-72(61,5)6)24-18-25-58(70)50-28-33-62-64(42-50)75(11,12)39-37-73(62,7)8;/h13-35,40-44H,36-39H2,1-12H3;/q-2;/i1D3,5D3,6D3,7D3,8D3,9D3,10D3,11D3,12D3,27D,28D,32D,33D,36D2,37D2,38D2,39D2,41D,42D;. The van der Waals surface area contributed by atoms with Crippen LogP contribution in [-0.2, 0) is 48.1 Å². The SMILES string of the molecule is [2H]c1c([2H])c2c(c([2H])c1-c1cccc(-c3c([2H])c([2H])c4c(c3[2H])C(C([2H])([2H])[2H])(C([2H])([2H])[2H])C([2H])([2H])C([2H])([2H])C4(C([2H])([2H])[2H])C([2H])([2H])[2H])c1-[n+]1[c-]n(-c3[c-]c(Oc4[c-]c5c(cc4)c4ccccc4n5-c4cc(C(C)(C)C)ccn4)ccc3)c3cc(-c4ccccc4C([2H])([2H])[2H])ccc31)C(C([2H])([2H])[2H])(C([2H])([2H])[2H])C([2H])([2H])C([2H])([2H])C2(C([2H])([2H])[2H])C([2H])([2H])[2H].[Pt]. The van der Waals surface area contributed by atoms with Crippen molar-refractivity contribution in [2.24, 2.45) is 0 Å². The van der Waals surface area contributed by atoms with Crippen molar-refractivity contribution in [2.75, 3.05) is 0 Å². The monoisotopic (exact) mass is 1280 g/mol. The molecule has 5 nitrogen and oxygen atoms in total. The molecule has 2 aliphatic carbocycles. The van der Waals surface area contributed by atoms with Gasteiger partial charge in [0.2, 0.25) is 0 Å². The Labute approximate surface area is 551 Å². The van der Waals surface area contributed by atoms with Crippen molar-refractivity contribution in [1.82, 2.24) is 14.1 Å². The fourth-order valence-corrected chi connectivity index (χ4v) is 10.3. The molecule has 0 saturated carbocycles. The van der Waals surface area contributed by atoms with E-state index in [0.29, 0.717) is 11.3 Å². The van der Waals surface area contributed by atoms with Crippen LogP contribution in [0.5, 0.6) is 11.5 Å². The molecule has 0 fully saturated rings. The molecular formula is C75H72N4OPt-2. The Bertz CT molecular complexity index is 5860. The predicted molar refractivity (Wildman–Crippen MR) is 330 cm³/mol. The molecule has 0 bridgehead atoms. The molecule has 0 aliphatic heterocycles. The molecule has 3 aromatic heterocycles. The first-order valence-electron chi connectivity index (χ1n) is 45.6. The van der Waals surface area contributed by atoms with E-state index in [1.807, 2.05) is 61.7 Å². The van der Waals surface area contributed by atoms with Crippen LogP contribution >= 0.6 is 0 Å². The number of hydrogen-bond donors (Lipinski definition) is 0. The fourth-order valence-electron chi connectivity index (χ4n) is 10.3. The smallest absolute Gasteiger partial charge is 0.268 e. The van der Waals surface area contributed by atoms with Crippen LogP contribution in [0.25, 0.3) is 83.4 Å². The minimum atomic E-state index is -4.91. The van der Waals surface area contributed by atoms with E-state index in [1.165, 1.54) is 65.2 Å². The van der Waals surface area contributed by atoms with Gasteiger partial charge in [0, 0.05) is 92.3 Å². The van der Waals surface area contributed by atoms with Gasteiger partial charge in [0.25, 0.3) is 6.33 Å². The van der Waals surface area contributed by atoms with Gasteiger partial charge >= 0.3 is 0 Å². The second-order valence-corrected chi connectivity index (χ2v) is 20.8. The molecule has 3 heterocycles. The van der Waals surface area contributed by atoms with Gasteiger partial charge in [-0.3, -0.25) is 4.57 Å². The largest absolute Gasteiger partial charge is 0.510 e. The summed E-state index contributed by atoms with van der Waals surface area (Å²) in [7, 11) is 0. The molecule has 13 rings (SSSR count). The number of para-hydroxylation sites is 2. The van der Waals surface area contributed by atoms with Gasteiger partial charge in [-0.1, -0.05) is 190 Å². The number of fused-ring (bicyclic) bond motifs is 6. The molecule has 2 aliphatic rings. The van der Waals surface area contributed by atoms with E-state index in [9.17, 15) is 19.2 Å². The number of imidazole rings is 1. The average Bonchev–Trinajstić information content (AvgIpc) is 0.715. The summed E-state index contributed by atoms with van der Waals surface area (Å²) in [6, 6.07) is 26.9. The molecule has 0 saturated heterocycles. The van der Waals surface area contributed by atoms with Crippen LogP contribution in [0.4, 0.5) is 0 Å². The molecule has 0 unspecified atom stereocenters. The molecule has 0 amide bonds. The minimum absolute atomic E-state index is 0. The third-order valence-electron chi connectivity index (χ3n) is 14.3. The van der Waals surface area contributed by atoms with E-state index in [4.69, 9.17) is 46.7 Å². The van der Waals surface area contributed by atoms with E-state index >= 15 is 0 Å². The first-order valence-corrected chi connectivity index (χ1v) is 25.1. The van der Waals surface area contributed by atoms with Gasteiger partial charge in [0.1, 0.15) is 5.82 Å². The summed E-state index contributed by atoms with van der Waals surface area (Å²) in [5.41, 5.74) is -31.5. The third-order valence-corrected chi connectivity index (χ3v) is 14.3. The third kappa shape index (κ3) is 9.38. The maximum absolute atomic E-state index is 10.5. The Morgan fingerprint density at radius 2 is 1.21 bits per heavy atom. The summed E-state index contributed by atoms with van der Waals surface area (Å²) < 4.78 is 392. The van der Waals surface area contributed by atoms with Gasteiger partial charge in [-0.2, -0.15) is 18.2 Å². The summed E-state index contributed by atoms with van der Waals surface area (Å²) in [5, 5.41) is 1.53. The first kappa shape index (κ1) is 24.6. The zero-order valence-corrected chi connectivity index (χ0v) is 45.5. The maximum Gasteiger partial charge on any atom is 0.268 e. The first-order chi connectivity index (χ1) is 55.0. The second kappa shape index (κ2) is 19.7. The summed E-state index contributed by atoms with van der Waals surface area (Å²) in [6.45, 7) is -33.6. The molecule has 8 aromatic carbocycles. The zero-order chi connectivity index (χ0) is 90.6. The zero-order valence-electron chi connectivity index (χ0n) is 84.2. The van der Waals surface area contributed by atoms with E-state index < -0.39 is 195 Å². The molecule has 410 valence electrons. The fraction of sp³-hybridized carbons (Fsp3) is 0.280. The van der Waals surface area contributed by atoms with E-state index in [0.717, 1.165) is 44.6 Å². The Morgan fingerprint density at radius 1 is 0.593 bits per heavy atom. The van der Waals surface area contributed by atoms with Crippen molar-refractivity contribution >= 4 is 32.8 Å². The number of nitrogens with zero attached hydrogens (tertiary/aromatic N) is 4. The molecule has 0 atom stereocenters. The normalized spacial score (nSPS) is 27.3. The maximum atomic E-state index is 10.5. The van der Waals surface area contributed by atoms with Gasteiger partial charge in [0.05, 0.1) is 24.9 Å². The Kier molecular flexibility index (Phi) is 5.99. The van der Waals surface area contributed by atoms with Gasteiger partial charge in [-0.15, -0.1) is 29.7 Å². The number of pyridine rings is 1.